The van der Waals surface area contributed by atoms with Crippen molar-refractivity contribution in [2.45, 2.75) is 19.8 Å². The van der Waals surface area contributed by atoms with Crippen molar-refractivity contribution in [3.8, 4) is 0 Å². The van der Waals surface area contributed by atoms with E-state index in [0.717, 1.165) is 51.3 Å². The Bertz CT molecular complexity index is 841. The van der Waals surface area contributed by atoms with Crippen LogP contribution >= 0.6 is 0 Å². The van der Waals surface area contributed by atoms with Crippen LogP contribution < -0.4 is 5.32 Å². The van der Waals surface area contributed by atoms with Crippen LogP contribution in [0.25, 0.3) is 0 Å². The molecule has 1 heterocycles. The standard InChI is InChI=1S/C24H32N2O6/c1-2-5-19(8-10-20(18-27)32-17-14-26-12-15-31-16-13-26)9-11-23(28)25-22-7-4-3-6-21(22)24(29)30/h3-4,6-11,27H,2,5,12-18H2,1H3,(H,25,28)(H,29,30)/b11-9+,19-8+,20-10+. The lowest BCUT2D eigenvalue weighted by atomic mass is 10.1. The molecule has 1 aliphatic rings. The molecule has 1 aromatic carbocycles. The van der Waals surface area contributed by atoms with E-state index in [0.29, 0.717) is 12.4 Å². The maximum atomic E-state index is 12.3. The molecule has 0 unspecified atom stereocenters. The Morgan fingerprint density at radius 2 is 1.94 bits per heavy atom. The maximum Gasteiger partial charge on any atom is 0.337 e. The number of anilines is 1. The second kappa shape index (κ2) is 14.2. The molecule has 1 saturated heterocycles. The van der Waals surface area contributed by atoms with Gasteiger partial charge in [-0.2, -0.15) is 0 Å². The number of rotatable bonds is 12. The monoisotopic (exact) mass is 444 g/mol. The summed E-state index contributed by atoms with van der Waals surface area (Å²) >= 11 is 0. The van der Waals surface area contributed by atoms with Crippen molar-refractivity contribution in [1.29, 1.82) is 0 Å². The van der Waals surface area contributed by atoms with E-state index in [1.165, 1.54) is 12.1 Å². The molecule has 0 bridgehead atoms. The van der Waals surface area contributed by atoms with Crippen LogP contribution in [0.2, 0.25) is 0 Å². The van der Waals surface area contributed by atoms with E-state index in [4.69, 9.17) is 9.47 Å². The van der Waals surface area contributed by atoms with E-state index in [-0.39, 0.29) is 17.9 Å². The quantitative estimate of drug-likeness (QED) is 0.258. The van der Waals surface area contributed by atoms with Gasteiger partial charge in [-0.1, -0.05) is 37.6 Å². The van der Waals surface area contributed by atoms with Gasteiger partial charge in [-0.3, -0.25) is 9.69 Å². The highest BCUT2D eigenvalue weighted by molar-refractivity contribution is 6.04. The number of nitrogens with zero attached hydrogens (tertiary/aromatic N) is 1. The number of morpholine rings is 1. The van der Waals surface area contributed by atoms with Crippen LogP contribution in [0.1, 0.15) is 30.1 Å². The number of aromatic carboxylic acids is 1. The molecule has 3 N–H and O–H groups in total. The van der Waals surface area contributed by atoms with Gasteiger partial charge >= 0.3 is 5.97 Å². The summed E-state index contributed by atoms with van der Waals surface area (Å²) in [4.78, 5) is 25.8. The summed E-state index contributed by atoms with van der Waals surface area (Å²) in [5.41, 5.74) is 1.16. The number of nitrogens with one attached hydrogen (secondary N) is 1. The maximum absolute atomic E-state index is 12.3. The van der Waals surface area contributed by atoms with Gasteiger partial charge in [-0.05, 0) is 30.2 Å². The molecule has 0 aliphatic carbocycles. The number of hydrogen-bond donors (Lipinski definition) is 3. The number of hydrogen-bond acceptors (Lipinski definition) is 6. The van der Waals surface area contributed by atoms with Crippen LogP contribution in [0.5, 0.6) is 0 Å². The molecule has 1 fully saturated rings. The molecule has 0 radical (unpaired) electrons. The second-order valence-electron chi connectivity index (χ2n) is 7.26. The minimum atomic E-state index is -1.10. The SMILES string of the molecule is CCCC(/C=C/C(=O)Nc1ccccc1C(=O)O)=C\C=C(/CO)OCCN1CCOCC1. The number of amides is 1. The first kappa shape index (κ1) is 25.3. The summed E-state index contributed by atoms with van der Waals surface area (Å²) in [5, 5.41) is 21.4. The van der Waals surface area contributed by atoms with Gasteiger partial charge in [0.05, 0.1) is 24.5 Å². The molecule has 0 saturated carbocycles. The predicted octanol–water partition coefficient (Wildman–Crippen LogP) is 2.83. The molecule has 0 spiro atoms. The van der Waals surface area contributed by atoms with Crippen molar-refractivity contribution in [2.24, 2.45) is 0 Å². The first-order valence-electron chi connectivity index (χ1n) is 10.8. The molecule has 0 aromatic heterocycles. The van der Waals surface area contributed by atoms with E-state index in [9.17, 15) is 19.8 Å². The highest BCUT2D eigenvalue weighted by Crippen LogP contribution is 2.15. The van der Waals surface area contributed by atoms with Crippen molar-refractivity contribution in [3.05, 3.63) is 65.5 Å². The lowest BCUT2D eigenvalue weighted by molar-refractivity contribution is -0.111. The zero-order valence-electron chi connectivity index (χ0n) is 18.5. The molecule has 2 rings (SSSR count). The third-order valence-electron chi connectivity index (χ3n) is 4.84. The minimum Gasteiger partial charge on any atom is -0.494 e. The van der Waals surface area contributed by atoms with Crippen molar-refractivity contribution >= 4 is 17.6 Å². The lowest BCUT2D eigenvalue weighted by Gasteiger charge is -2.26. The fraction of sp³-hybridized carbons (Fsp3) is 0.417. The largest absolute Gasteiger partial charge is 0.494 e. The highest BCUT2D eigenvalue weighted by Gasteiger charge is 2.11. The van der Waals surface area contributed by atoms with Crippen LogP contribution in [0.4, 0.5) is 5.69 Å². The van der Waals surface area contributed by atoms with E-state index in [1.54, 1.807) is 30.4 Å². The summed E-state index contributed by atoms with van der Waals surface area (Å²) < 4.78 is 11.0. The topological polar surface area (TPSA) is 108 Å². The van der Waals surface area contributed by atoms with Gasteiger partial charge in [0.15, 0.2) is 0 Å². The number of carboxylic acids is 1. The van der Waals surface area contributed by atoms with Crippen molar-refractivity contribution in [1.82, 2.24) is 4.90 Å². The van der Waals surface area contributed by atoms with Crippen molar-refractivity contribution < 1.29 is 29.3 Å². The lowest BCUT2D eigenvalue weighted by Crippen LogP contribution is -2.38. The Hall–Kier alpha value is -2.94. The molecule has 1 aliphatic heterocycles. The molecular formula is C24H32N2O6. The van der Waals surface area contributed by atoms with E-state index in [2.05, 4.69) is 10.2 Å². The molecular weight excluding hydrogens is 412 g/mol. The summed E-state index contributed by atoms with van der Waals surface area (Å²) in [6.45, 7) is 6.28. The zero-order valence-corrected chi connectivity index (χ0v) is 18.5. The fourth-order valence-electron chi connectivity index (χ4n) is 3.12. The molecule has 1 amide bonds. The molecule has 174 valence electrons. The number of benzene rings is 1. The van der Waals surface area contributed by atoms with Gasteiger partial charge in [0.1, 0.15) is 19.0 Å². The van der Waals surface area contributed by atoms with E-state index in [1.807, 2.05) is 13.0 Å². The first-order chi connectivity index (χ1) is 15.5. The van der Waals surface area contributed by atoms with Crippen molar-refractivity contribution in [3.63, 3.8) is 0 Å². The van der Waals surface area contributed by atoms with Gasteiger partial charge in [0, 0.05) is 25.7 Å². The molecule has 32 heavy (non-hydrogen) atoms. The van der Waals surface area contributed by atoms with Crippen LogP contribution in [-0.2, 0) is 14.3 Å². The smallest absolute Gasteiger partial charge is 0.337 e. The van der Waals surface area contributed by atoms with Crippen LogP contribution in [0.3, 0.4) is 0 Å². The number of aliphatic hydroxyl groups excluding tert-OH is 1. The molecule has 0 atom stereocenters. The third kappa shape index (κ3) is 9.05. The Labute approximate surface area is 188 Å². The second-order valence-corrected chi connectivity index (χ2v) is 7.26. The van der Waals surface area contributed by atoms with E-state index >= 15 is 0 Å². The molecule has 8 nitrogen and oxygen atoms in total. The Kier molecular flexibility index (Phi) is 11.2. The predicted molar refractivity (Wildman–Crippen MR) is 123 cm³/mol. The third-order valence-corrected chi connectivity index (χ3v) is 4.84. The van der Waals surface area contributed by atoms with Crippen LogP contribution in [0, 0.1) is 0 Å². The summed E-state index contributed by atoms with van der Waals surface area (Å²) in [5.74, 6) is -1.07. The van der Waals surface area contributed by atoms with Gasteiger partial charge in [-0.25, -0.2) is 4.79 Å². The Morgan fingerprint density at radius 3 is 2.62 bits per heavy atom. The summed E-state index contributed by atoms with van der Waals surface area (Å²) in [6.07, 6.45) is 8.19. The van der Waals surface area contributed by atoms with Crippen molar-refractivity contribution in [2.75, 3.05) is 51.4 Å². The zero-order chi connectivity index (χ0) is 23.2. The van der Waals surface area contributed by atoms with Gasteiger partial charge in [0.25, 0.3) is 0 Å². The summed E-state index contributed by atoms with van der Waals surface area (Å²) in [6, 6.07) is 6.24. The number of para-hydroxylation sites is 1. The first-order valence-corrected chi connectivity index (χ1v) is 10.8. The van der Waals surface area contributed by atoms with Gasteiger partial charge in [0.2, 0.25) is 5.91 Å². The van der Waals surface area contributed by atoms with Gasteiger partial charge in [-0.15, -0.1) is 0 Å². The van der Waals surface area contributed by atoms with Crippen LogP contribution in [-0.4, -0.2) is 73.1 Å². The minimum absolute atomic E-state index is 0.0309. The number of carboxylic acid groups (broad SMARTS) is 1. The molecule has 8 heteroatoms. The highest BCUT2D eigenvalue weighted by atomic mass is 16.5. The normalized spacial score (nSPS) is 15.7. The fourth-order valence-corrected chi connectivity index (χ4v) is 3.12. The number of aliphatic hydroxyl groups is 1. The Morgan fingerprint density at radius 1 is 1.19 bits per heavy atom. The number of carbonyl (C=O) groups excluding carboxylic acids is 1. The Balaban J connectivity index is 1.95. The van der Waals surface area contributed by atoms with Gasteiger partial charge < -0.3 is 25.0 Å². The average molecular weight is 445 g/mol. The number of ether oxygens (including phenoxy) is 2. The van der Waals surface area contributed by atoms with Crippen LogP contribution in [0.15, 0.2) is 59.9 Å². The number of carbonyl (C=O) groups is 2. The average Bonchev–Trinajstić information content (AvgIpc) is 2.80. The molecule has 1 aromatic rings. The van der Waals surface area contributed by atoms with E-state index < -0.39 is 11.9 Å². The number of allylic oxidation sites excluding steroid dienone is 4. The summed E-state index contributed by atoms with van der Waals surface area (Å²) in [7, 11) is 0.